The van der Waals surface area contributed by atoms with E-state index in [2.05, 4.69) is 15.2 Å². The van der Waals surface area contributed by atoms with E-state index in [0.717, 1.165) is 11.1 Å². The highest BCUT2D eigenvalue weighted by atomic mass is 16.5. The van der Waals surface area contributed by atoms with Crippen molar-refractivity contribution in [1.29, 1.82) is 0 Å². The lowest BCUT2D eigenvalue weighted by molar-refractivity contribution is -0.118. The molecule has 4 rings (SSSR count). The van der Waals surface area contributed by atoms with Crippen LogP contribution in [0.15, 0.2) is 53.3 Å². The Labute approximate surface area is 195 Å². The lowest BCUT2D eigenvalue weighted by Gasteiger charge is -2.12. The predicted octanol–water partition coefficient (Wildman–Crippen LogP) is 3.62. The fourth-order valence-electron chi connectivity index (χ4n) is 3.82. The van der Waals surface area contributed by atoms with Crippen LogP contribution in [0.25, 0.3) is 22.2 Å². The summed E-state index contributed by atoms with van der Waals surface area (Å²) in [5.74, 6) is -0.363. The van der Waals surface area contributed by atoms with Gasteiger partial charge in [0.2, 0.25) is 0 Å². The molecule has 0 atom stereocenters. The van der Waals surface area contributed by atoms with Gasteiger partial charge in [0, 0.05) is 12.5 Å². The number of carbonyl (C=O) groups excluding carboxylic acids is 1. The van der Waals surface area contributed by atoms with E-state index in [-0.39, 0.29) is 29.8 Å². The maximum Gasteiger partial charge on any atom is 0.336 e. The molecule has 0 aliphatic rings. The molecule has 0 bridgehead atoms. The van der Waals surface area contributed by atoms with E-state index in [1.807, 2.05) is 42.7 Å². The van der Waals surface area contributed by atoms with Crippen LogP contribution < -0.4 is 10.3 Å². The summed E-state index contributed by atoms with van der Waals surface area (Å²) in [5.41, 5.74) is 2.76. The van der Waals surface area contributed by atoms with Crippen LogP contribution in [-0.2, 0) is 11.3 Å². The zero-order valence-corrected chi connectivity index (χ0v) is 19.0. The molecular formula is C25H24N4O5. The van der Waals surface area contributed by atoms with Crippen LogP contribution >= 0.6 is 0 Å². The highest BCUT2D eigenvalue weighted by molar-refractivity contribution is 5.96. The fraction of sp³-hybridized carbons (Fsp3) is 0.240. The molecule has 0 aliphatic heterocycles. The third kappa shape index (κ3) is 4.45. The van der Waals surface area contributed by atoms with Crippen molar-refractivity contribution < 1.29 is 19.4 Å². The van der Waals surface area contributed by atoms with Gasteiger partial charge < -0.3 is 14.4 Å². The number of hydrogen-bond donors (Lipinski definition) is 2. The second kappa shape index (κ2) is 9.30. The number of imidazole rings is 1. The molecule has 0 saturated carbocycles. The van der Waals surface area contributed by atoms with E-state index in [4.69, 9.17) is 4.74 Å². The molecular weight excluding hydrogens is 436 g/mol. The number of carboxylic acids is 1. The normalized spacial score (nSPS) is 11.2. The Morgan fingerprint density at radius 2 is 1.82 bits per heavy atom. The highest BCUT2D eigenvalue weighted by Gasteiger charge is 2.21. The van der Waals surface area contributed by atoms with Crippen molar-refractivity contribution in [3.05, 3.63) is 75.8 Å². The number of ether oxygens (including phenoxy) is 1. The van der Waals surface area contributed by atoms with E-state index < -0.39 is 11.5 Å². The highest BCUT2D eigenvalue weighted by Crippen LogP contribution is 2.27. The number of aromatic amines is 1. The molecule has 4 aromatic rings. The number of rotatable bonds is 8. The number of nitrogens with one attached hydrogen (secondary N) is 1. The molecule has 2 heterocycles. The van der Waals surface area contributed by atoms with Gasteiger partial charge in [-0.05, 0) is 29.7 Å². The van der Waals surface area contributed by atoms with Gasteiger partial charge in [0.25, 0.3) is 11.4 Å². The van der Waals surface area contributed by atoms with Crippen molar-refractivity contribution in [2.75, 3.05) is 6.61 Å². The van der Waals surface area contributed by atoms with Gasteiger partial charge in [-0.15, -0.1) is 5.10 Å². The number of H-pyrrole nitrogens is 1. The zero-order chi connectivity index (χ0) is 24.4. The molecule has 0 radical (unpaired) electrons. The predicted molar refractivity (Wildman–Crippen MR) is 126 cm³/mol. The van der Waals surface area contributed by atoms with Crippen molar-refractivity contribution in [2.24, 2.45) is 0 Å². The smallest absolute Gasteiger partial charge is 0.336 e. The first-order valence-electron chi connectivity index (χ1n) is 10.8. The third-order valence-electron chi connectivity index (χ3n) is 5.37. The fourth-order valence-corrected chi connectivity index (χ4v) is 3.82. The number of Topliss-reactive ketones (excluding diaryl/α,β-unsaturated/α-hetero) is 1. The Morgan fingerprint density at radius 1 is 1.12 bits per heavy atom. The first-order valence-corrected chi connectivity index (χ1v) is 10.8. The third-order valence-corrected chi connectivity index (χ3v) is 5.37. The average molecular weight is 460 g/mol. The van der Waals surface area contributed by atoms with Crippen LogP contribution in [0.5, 0.6) is 5.88 Å². The minimum atomic E-state index is -0.984. The van der Waals surface area contributed by atoms with Crippen molar-refractivity contribution in [3.63, 3.8) is 0 Å². The summed E-state index contributed by atoms with van der Waals surface area (Å²) in [6, 6.07) is 14.3. The van der Waals surface area contributed by atoms with Gasteiger partial charge >= 0.3 is 5.97 Å². The molecule has 2 N–H and O–H groups in total. The molecule has 34 heavy (non-hydrogen) atoms. The molecule has 2 aromatic heterocycles. The molecule has 0 aliphatic carbocycles. The molecule has 0 saturated heterocycles. The van der Waals surface area contributed by atoms with Gasteiger partial charge in [0.15, 0.2) is 11.3 Å². The van der Waals surface area contributed by atoms with Crippen molar-refractivity contribution in [2.45, 2.75) is 33.2 Å². The summed E-state index contributed by atoms with van der Waals surface area (Å²) >= 11 is 0. The summed E-state index contributed by atoms with van der Waals surface area (Å²) in [6.45, 7) is 5.55. The van der Waals surface area contributed by atoms with Gasteiger partial charge in [-0.1, -0.05) is 56.3 Å². The number of carboxylic acid groups (broad SMARTS) is 1. The first-order chi connectivity index (χ1) is 16.3. The maximum atomic E-state index is 12.7. The molecule has 0 spiro atoms. The second-order valence-corrected chi connectivity index (χ2v) is 8.30. The summed E-state index contributed by atoms with van der Waals surface area (Å²) in [4.78, 5) is 40.2. The summed E-state index contributed by atoms with van der Waals surface area (Å²) in [5, 5.41) is 15.8. The standard InChI is InChI=1S/C25H24N4O5/c1-14(2)22-26-20-21(23(31)27-28-24(20)34-13-15(3)30)29(22)12-16-8-10-17(11-9-16)18-6-4-5-7-19(18)25(32)33/h4-11,14H,12-13H2,1-3H3,(H,27,31)(H,32,33). The van der Waals surface area contributed by atoms with Crippen LogP contribution in [0.2, 0.25) is 0 Å². The van der Waals surface area contributed by atoms with Crippen LogP contribution in [0.1, 0.15) is 48.4 Å². The van der Waals surface area contributed by atoms with E-state index in [9.17, 15) is 19.5 Å². The number of nitrogens with zero attached hydrogens (tertiary/aromatic N) is 3. The number of ketones is 1. The van der Waals surface area contributed by atoms with Crippen molar-refractivity contribution >= 4 is 22.8 Å². The van der Waals surface area contributed by atoms with E-state index in [0.29, 0.717) is 29.0 Å². The number of aromatic carboxylic acids is 1. The number of carbonyl (C=O) groups is 2. The Morgan fingerprint density at radius 3 is 2.47 bits per heavy atom. The molecule has 0 fully saturated rings. The van der Waals surface area contributed by atoms with Crippen LogP contribution in [0.3, 0.4) is 0 Å². The van der Waals surface area contributed by atoms with E-state index in [1.54, 1.807) is 24.3 Å². The zero-order valence-electron chi connectivity index (χ0n) is 19.0. The number of benzene rings is 2. The summed E-state index contributed by atoms with van der Waals surface area (Å²) in [7, 11) is 0. The molecule has 9 heteroatoms. The number of aromatic nitrogens is 4. The van der Waals surface area contributed by atoms with E-state index >= 15 is 0 Å². The topological polar surface area (TPSA) is 127 Å². The largest absolute Gasteiger partial charge is 0.478 e. The quantitative estimate of drug-likeness (QED) is 0.411. The molecule has 0 unspecified atom stereocenters. The second-order valence-electron chi connectivity index (χ2n) is 8.30. The number of fused-ring (bicyclic) bond motifs is 1. The van der Waals surface area contributed by atoms with Crippen molar-refractivity contribution in [1.82, 2.24) is 19.7 Å². The Kier molecular flexibility index (Phi) is 6.27. The molecule has 2 aromatic carbocycles. The summed E-state index contributed by atoms with van der Waals surface area (Å²) < 4.78 is 7.30. The molecule has 0 amide bonds. The van der Waals surface area contributed by atoms with E-state index in [1.165, 1.54) is 6.92 Å². The lowest BCUT2D eigenvalue weighted by Crippen LogP contribution is -2.17. The lowest BCUT2D eigenvalue weighted by atomic mass is 9.98. The van der Waals surface area contributed by atoms with Crippen LogP contribution in [-0.4, -0.2) is 43.2 Å². The molecule has 9 nitrogen and oxygen atoms in total. The van der Waals surface area contributed by atoms with Crippen LogP contribution in [0.4, 0.5) is 0 Å². The van der Waals surface area contributed by atoms with Gasteiger partial charge in [-0.3, -0.25) is 9.59 Å². The maximum absolute atomic E-state index is 12.7. The number of hydrogen-bond acceptors (Lipinski definition) is 6. The Balaban J connectivity index is 1.74. The van der Waals surface area contributed by atoms with Gasteiger partial charge in [-0.2, -0.15) is 0 Å². The van der Waals surface area contributed by atoms with Gasteiger partial charge in [0.1, 0.15) is 17.9 Å². The SMILES string of the molecule is CC(=O)COc1n[nH]c(=O)c2c1nc(C(C)C)n2Cc1ccc(-c2ccccc2C(=O)O)cc1. The summed E-state index contributed by atoms with van der Waals surface area (Å²) in [6.07, 6.45) is 0. The average Bonchev–Trinajstić information content (AvgIpc) is 3.19. The minimum absolute atomic E-state index is 0.00849. The Hall–Kier alpha value is -4.27. The van der Waals surface area contributed by atoms with Crippen molar-refractivity contribution in [3.8, 4) is 17.0 Å². The minimum Gasteiger partial charge on any atom is -0.478 e. The van der Waals surface area contributed by atoms with Crippen LogP contribution in [0, 0.1) is 0 Å². The Bertz CT molecular complexity index is 1430. The first kappa shape index (κ1) is 22.9. The molecule has 174 valence electrons. The van der Waals surface area contributed by atoms with Gasteiger partial charge in [0.05, 0.1) is 5.56 Å². The monoisotopic (exact) mass is 460 g/mol. The van der Waals surface area contributed by atoms with Gasteiger partial charge in [-0.25, -0.2) is 14.9 Å².